The summed E-state index contributed by atoms with van der Waals surface area (Å²) in [4.78, 5) is 16.0. The maximum atomic E-state index is 12.4. The first kappa shape index (κ1) is 16.5. The number of hydrogen-bond donors (Lipinski definition) is 1. The van der Waals surface area contributed by atoms with E-state index in [1.807, 2.05) is 4.90 Å². The van der Waals surface area contributed by atoms with E-state index >= 15 is 0 Å². The largest absolute Gasteiger partial charge is 0.322 e. The minimum absolute atomic E-state index is 0.00556. The van der Waals surface area contributed by atoms with Crippen LogP contribution < -0.4 is 5.32 Å². The van der Waals surface area contributed by atoms with Crippen LogP contribution in [0.25, 0.3) is 0 Å². The lowest BCUT2D eigenvalue weighted by Crippen LogP contribution is -2.45. The number of nitrogens with zero attached hydrogens (tertiary/aromatic N) is 2. The molecule has 6 nitrogen and oxygen atoms in total. The van der Waals surface area contributed by atoms with Crippen molar-refractivity contribution in [2.45, 2.75) is 44.4 Å². The quantitative estimate of drug-likeness (QED) is 0.828. The standard InChI is InChI=1S/C14H27N3O3S/c1-14(2,3)21(19,20)11-10-16-8-9-17(13(16)18)12-4-6-15-7-5-12/h12,15H,4-11H2,1-3H3. The summed E-state index contributed by atoms with van der Waals surface area (Å²) in [7, 11) is -3.17. The topological polar surface area (TPSA) is 69.7 Å². The van der Waals surface area contributed by atoms with Crippen LogP contribution in [0.3, 0.4) is 0 Å². The number of urea groups is 1. The van der Waals surface area contributed by atoms with Gasteiger partial charge in [0.25, 0.3) is 0 Å². The molecular weight excluding hydrogens is 290 g/mol. The third-order valence-electron chi connectivity index (χ3n) is 4.44. The molecule has 122 valence electrons. The van der Waals surface area contributed by atoms with Gasteiger partial charge in [-0.1, -0.05) is 0 Å². The van der Waals surface area contributed by atoms with E-state index in [2.05, 4.69) is 5.32 Å². The van der Waals surface area contributed by atoms with Gasteiger partial charge in [-0.15, -0.1) is 0 Å². The Morgan fingerprint density at radius 3 is 2.38 bits per heavy atom. The molecule has 0 bridgehead atoms. The van der Waals surface area contributed by atoms with Crippen molar-refractivity contribution in [3.8, 4) is 0 Å². The van der Waals surface area contributed by atoms with Crippen molar-refractivity contribution in [2.75, 3.05) is 38.5 Å². The highest BCUT2D eigenvalue weighted by Crippen LogP contribution is 2.20. The monoisotopic (exact) mass is 317 g/mol. The summed E-state index contributed by atoms with van der Waals surface area (Å²) >= 11 is 0. The normalized spacial score (nSPS) is 22.1. The van der Waals surface area contributed by atoms with Crippen LogP contribution in [0.15, 0.2) is 0 Å². The maximum Gasteiger partial charge on any atom is 0.320 e. The van der Waals surface area contributed by atoms with Crippen molar-refractivity contribution >= 4 is 15.9 Å². The average molecular weight is 317 g/mol. The van der Waals surface area contributed by atoms with E-state index in [4.69, 9.17) is 0 Å². The highest BCUT2D eigenvalue weighted by Gasteiger charge is 2.36. The van der Waals surface area contributed by atoms with Gasteiger partial charge in [0, 0.05) is 25.7 Å². The van der Waals surface area contributed by atoms with E-state index in [-0.39, 0.29) is 11.8 Å². The summed E-state index contributed by atoms with van der Waals surface area (Å²) in [6.45, 7) is 8.68. The van der Waals surface area contributed by atoms with Gasteiger partial charge < -0.3 is 15.1 Å². The third kappa shape index (κ3) is 3.69. The molecule has 0 aromatic carbocycles. The number of carbonyl (C=O) groups excluding carboxylic acids is 1. The summed E-state index contributed by atoms with van der Waals surface area (Å²) in [5.74, 6) is 0.0440. The molecule has 0 aromatic rings. The van der Waals surface area contributed by atoms with Gasteiger partial charge in [0.2, 0.25) is 0 Å². The van der Waals surface area contributed by atoms with Crippen molar-refractivity contribution in [1.29, 1.82) is 0 Å². The Balaban J connectivity index is 1.90. The fourth-order valence-corrected chi connectivity index (χ4v) is 3.88. The lowest BCUT2D eigenvalue weighted by atomic mass is 10.1. The second-order valence-corrected chi connectivity index (χ2v) is 9.74. The first-order valence-electron chi connectivity index (χ1n) is 7.71. The Kier molecular flexibility index (Phi) is 4.82. The van der Waals surface area contributed by atoms with Crippen LogP contribution in [-0.4, -0.2) is 73.5 Å². The summed E-state index contributed by atoms with van der Waals surface area (Å²) < 4.78 is 23.5. The van der Waals surface area contributed by atoms with Crippen LogP contribution in [0.4, 0.5) is 4.79 Å². The van der Waals surface area contributed by atoms with Gasteiger partial charge in [-0.25, -0.2) is 13.2 Å². The van der Waals surface area contributed by atoms with Gasteiger partial charge >= 0.3 is 6.03 Å². The first-order chi connectivity index (χ1) is 9.72. The Morgan fingerprint density at radius 2 is 1.81 bits per heavy atom. The minimum atomic E-state index is -3.17. The zero-order chi connectivity index (χ0) is 15.7. The molecule has 2 aliphatic rings. The van der Waals surface area contributed by atoms with E-state index in [9.17, 15) is 13.2 Å². The Labute approximate surface area is 127 Å². The van der Waals surface area contributed by atoms with Crippen LogP contribution >= 0.6 is 0 Å². The molecule has 7 heteroatoms. The molecule has 2 heterocycles. The minimum Gasteiger partial charge on any atom is -0.322 e. The second-order valence-electron chi connectivity index (χ2n) is 6.88. The smallest absolute Gasteiger partial charge is 0.320 e. The number of sulfone groups is 1. The molecule has 0 aromatic heterocycles. The van der Waals surface area contributed by atoms with Crippen molar-refractivity contribution in [3.63, 3.8) is 0 Å². The predicted octanol–water partition coefficient (Wildman–Crippen LogP) is 0.689. The van der Waals surface area contributed by atoms with Crippen molar-refractivity contribution in [3.05, 3.63) is 0 Å². The van der Waals surface area contributed by atoms with Crippen molar-refractivity contribution in [2.24, 2.45) is 0 Å². The molecule has 2 amide bonds. The number of hydrogen-bond acceptors (Lipinski definition) is 4. The Bertz CT molecular complexity index is 478. The van der Waals surface area contributed by atoms with Gasteiger partial charge in [-0.05, 0) is 46.7 Å². The van der Waals surface area contributed by atoms with Gasteiger partial charge in [0.1, 0.15) is 0 Å². The third-order valence-corrected chi connectivity index (χ3v) is 7.03. The SMILES string of the molecule is CC(C)(C)S(=O)(=O)CCN1CCN(C2CCNCC2)C1=O. The molecular formula is C14H27N3O3S. The number of rotatable bonds is 4. The fraction of sp³-hybridized carbons (Fsp3) is 0.929. The van der Waals surface area contributed by atoms with Crippen LogP contribution in [-0.2, 0) is 9.84 Å². The Morgan fingerprint density at radius 1 is 1.19 bits per heavy atom. The fourth-order valence-electron chi connectivity index (χ4n) is 2.80. The average Bonchev–Trinajstić information content (AvgIpc) is 2.77. The van der Waals surface area contributed by atoms with Crippen LogP contribution in [0.2, 0.25) is 0 Å². The molecule has 0 aliphatic carbocycles. The first-order valence-corrected chi connectivity index (χ1v) is 9.36. The predicted molar refractivity (Wildman–Crippen MR) is 83.1 cm³/mol. The van der Waals surface area contributed by atoms with E-state index in [0.717, 1.165) is 32.5 Å². The molecule has 0 spiro atoms. The van der Waals surface area contributed by atoms with Gasteiger partial charge in [-0.3, -0.25) is 0 Å². The van der Waals surface area contributed by atoms with Crippen LogP contribution in [0.1, 0.15) is 33.6 Å². The van der Waals surface area contributed by atoms with Gasteiger partial charge in [0.05, 0.1) is 10.5 Å². The number of carbonyl (C=O) groups is 1. The zero-order valence-corrected chi connectivity index (χ0v) is 14.1. The molecule has 2 fully saturated rings. The van der Waals surface area contributed by atoms with Crippen LogP contribution in [0, 0.1) is 0 Å². The molecule has 2 rings (SSSR count). The van der Waals surface area contributed by atoms with Crippen LogP contribution in [0.5, 0.6) is 0 Å². The summed E-state index contributed by atoms with van der Waals surface area (Å²) in [6.07, 6.45) is 1.97. The lowest BCUT2D eigenvalue weighted by Gasteiger charge is -2.31. The molecule has 0 radical (unpaired) electrons. The number of piperidine rings is 1. The van der Waals surface area contributed by atoms with E-state index in [0.29, 0.717) is 19.1 Å². The summed E-state index contributed by atoms with van der Waals surface area (Å²) in [5, 5.41) is 3.30. The number of amides is 2. The molecule has 0 saturated carbocycles. The second kappa shape index (κ2) is 6.12. The molecule has 2 saturated heterocycles. The van der Waals surface area contributed by atoms with E-state index in [1.54, 1.807) is 25.7 Å². The molecule has 2 aliphatic heterocycles. The van der Waals surface area contributed by atoms with Crippen molar-refractivity contribution < 1.29 is 13.2 Å². The maximum absolute atomic E-state index is 12.4. The molecule has 1 N–H and O–H groups in total. The highest BCUT2D eigenvalue weighted by molar-refractivity contribution is 7.92. The molecule has 21 heavy (non-hydrogen) atoms. The summed E-state index contributed by atoms with van der Waals surface area (Å²) in [6, 6.07) is 0.314. The van der Waals surface area contributed by atoms with Crippen molar-refractivity contribution in [1.82, 2.24) is 15.1 Å². The lowest BCUT2D eigenvalue weighted by molar-refractivity contribution is 0.167. The van der Waals surface area contributed by atoms with E-state index < -0.39 is 14.6 Å². The Hall–Kier alpha value is -0.820. The van der Waals surface area contributed by atoms with Gasteiger partial charge in [-0.2, -0.15) is 0 Å². The number of nitrogens with one attached hydrogen (secondary N) is 1. The van der Waals surface area contributed by atoms with E-state index in [1.165, 1.54) is 0 Å². The molecule has 0 atom stereocenters. The van der Waals surface area contributed by atoms with Gasteiger partial charge in [0.15, 0.2) is 9.84 Å². The summed E-state index contributed by atoms with van der Waals surface area (Å²) in [5.41, 5.74) is 0. The zero-order valence-electron chi connectivity index (χ0n) is 13.3. The highest BCUT2D eigenvalue weighted by atomic mass is 32.2. The molecule has 0 unspecified atom stereocenters.